The summed E-state index contributed by atoms with van der Waals surface area (Å²) >= 11 is 0. The molecule has 0 N–H and O–H groups in total. The lowest BCUT2D eigenvalue weighted by Gasteiger charge is -2.48. The third-order valence-electron chi connectivity index (χ3n) is 12.9. The van der Waals surface area contributed by atoms with Crippen molar-refractivity contribution in [2.45, 2.75) is 175 Å². The Morgan fingerprint density at radius 3 is 1.83 bits per heavy atom. The number of methoxy groups -OCH3 is 2. The quantitative estimate of drug-likeness (QED) is 0.0764. The molecule has 0 aromatic carbocycles. The second-order valence-corrected chi connectivity index (χ2v) is 20.9. The molecule has 406 valence electrons. The largest absolute Gasteiger partial charge is 0.458 e. The molecule has 19 nitrogen and oxygen atoms in total. The fourth-order valence-electron chi connectivity index (χ4n) is 9.60. The molecule has 0 radical (unpaired) electrons. The molecular formula is C51H83NO18S. The number of esters is 4. The van der Waals surface area contributed by atoms with Crippen LogP contribution in [0.1, 0.15) is 95.4 Å². The number of hydrogen-bond acceptors (Lipinski definition) is 19. The Labute approximate surface area is 423 Å². The third kappa shape index (κ3) is 17.3. The zero-order valence-corrected chi connectivity index (χ0v) is 45.8. The van der Waals surface area contributed by atoms with E-state index in [4.69, 9.17) is 56.8 Å². The highest BCUT2D eigenvalue weighted by Crippen LogP contribution is 2.37. The molecule has 3 aliphatic rings. The first kappa shape index (κ1) is 61.9. The second-order valence-electron chi connectivity index (χ2n) is 18.9. The number of ether oxygens (including phenoxy) is 12. The van der Waals surface area contributed by atoms with Gasteiger partial charge in [-0.15, -0.1) is 0 Å². The molecule has 0 spiro atoms. The maximum Gasteiger partial charge on any atom is 0.347 e. The van der Waals surface area contributed by atoms with Gasteiger partial charge in [-0.2, -0.15) is 10.5 Å². The standard InChI is InChI=1S/C51H83NO18S/c1-18-38-36(26-63-50-47(60-15)46(59-14)44(31(8)64-50)67-33(10)54)23-27(4)21-22-37(56)28(5)24-35(25-39(61-19-2)62-20-3)42(29(6)41(57)48(71(16)17)49(58)69-38)70-51-45(68-34(11)55)40(52(12)13)43(30(7)65-51)66-32(9)53/h21-23,28-31,35-36,38-40,42-47,50-51H,18-20,24-26H2,1-17H3/b22-21+,27-23+/t28-,29+,30-,31-,35-,36-,38-,40+,42-,43-,44-,45-,46-,47-,50-,51+/m1/s1. The van der Waals surface area contributed by atoms with Crippen molar-refractivity contribution in [1.82, 2.24) is 4.90 Å². The van der Waals surface area contributed by atoms with Crippen LogP contribution in [0, 0.1) is 23.7 Å². The fraction of sp³-hybridized carbons (Fsp3) is 0.784. The lowest BCUT2D eigenvalue weighted by Crippen LogP contribution is -2.65. The SMILES string of the molecule is CCOC(C[C@H]1C[C@@H](C)C(=O)/C=C/C(C)=C/[C@H](CO[C@@H]2O[C@H](C)[C@@H](OC(C)=O)[C@@H](OC)[C@H]2OC)[C@@H](CC)OC(=O)C(=S(C)C)C(=O)[C@H](C)[C@H]1O[C@@H]1O[C@H](C)[C@@H](OC(C)=O)[C@H](N(C)C)[C@H]1OC(C)=O)OCC. The second kappa shape index (κ2) is 29.5. The predicted octanol–water partition coefficient (Wildman–Crippen LogP) is 4.99. The summed E-state index contributed by atoms with van der Waals surface area (Å²) in [6.07, 6.45) is -1.78. The first-order valence-corrected chi connectivity index (χ1v) is 26.6. The van der Waals surface area contributed by atoms with Gasteiger partial charge in [-0.1, -0.05) is 38.5 Å². The van der Waals surface area contributed by atoms with Crippen LogP contribution in [0.2, 0.25) is 0 Å². The van der Waals surface area contributed by atoms with E-state index in [1.807, 2.05) is 33.8 Å². The van der Waals surface area contributed by atoms with E-state index in [1.54, 1.807) is 65.3 Å². The van der Waals surface area contributed by atoms with Gasteiger partial charge in [-0.25, -0.2) is 4.79 Å². The molecule has 3 heterocycles. The van der Waals surface area contributed by atoms with Crippen molar-refractivity contribution in [1.29, 1.82) is 0 Å². The molecule has 0 aromatic heterocycles. The molecule has 0 saturated carbocycles. The summed E-state index contributed by atoms with van der Waals surface area (Å²) in [5.74, 6) is -6.38. The Bertz CT molecular complexity index is 1880. The van der Waals surface area contributed by atoms with E-state index in [9.17, 15) is 24.0 Å². The lowest BCUT2D eigenvalue weighted by atomic mass is 9.79. The van der Waals surface area contributed by atoms with Crippen molar-refractivity contribution in [3.63, 3.8) is 0 Å². The average molecular weight is 1030 g/mol. The van der Waals surface area contributed by atoms with Gasteiger partial charge < -0.3 is 56.8 Å². The number of carbonyl (C=O) groups is 6. The zero-order chi connectivity index (χ0) is 53.4. The lowest BCUT2D eigenvalue weighted by molar-refractivity contribution is -0.306. The number of carbonyl (C=O) groups excluding carboxylic acids is 6. The zero-order valence-electron chi connectivity index (χ0n) is 45.0. The molecule has 0 unspecified atom stereocenters. The first-order chi connectivity index (χ1) is 33.4. The van der Waals surface area contributed by atoms with Crippen molar-refractivity contribution >= 4 is 50.8 Å². The summed E-state index contributed by atoms with van der Waals surface area (Å²) in [4.78, 5) is 83.1. The van der Waals surface area contributed by atoms with Gasteiger partial charge in [-0.3, -0.25) is 28.9 Å². The summed E-state index contributed by atoms with van der Waals surface area (Å²) in [6.45, 7) is 18.6. The highest BCUT2D eigenvalue weighted by molar-refractivity contribution is 8.16. The Morgan fingerprint density at radius 2 is 1.31 bits per heavy atom. The molecule has 16 atom stereocenters. The van der Waals surface area contributed by atoms with Gasteiger partial charge in [0, 0.05) is 72.4 Å². The number of hydrogen-bond donors (Lipinski definition) is 0. The molecule has 3 aliphatic heterocycles. The topological polar surface area (TPSA) is 216 Å². The van der Waals surface area contributed by atoms with Crippen LogP contribution >= 0.6 is 10.5 Å². The van der Waals surface area contributed by atoms with Crippen molar-refractivity contribution in [3.05, 3.63) is 23.8 Å². The Kier molecular flexibility index (Phi) is 25.7. The van der Waals surface area contributed by atoms with Crippen molar-refractivity contribution in [2.75, 3.05) is 60.6 Å². The molecule has 0 aliphatic carbocycles. The summed E-state index contributed by atoms with van der Waals surface area (Å²) in [5, 5.41) is 0. The molecule has 0 amide bonds. The summed E-state index contributed by atoms with van der Waals surface area (Å²) in [5.41, 5.74) is 0.666. The maximum absolute atomic E-state index is 15.3. The molecule has 2 saturated heterocycles. The normalized spacial score (nSPS) is 35.0. The van der Waals surface area contributed by atoms with Crippen LogP contribution in [0.15, 0.2) is 23.8 Å². The van der Waals surface area contributed by atoms with E-state index in [0.717, 1.165) is 0 Å². The van der Waals surface area contributed by atoms with Crippen LogP contribution in [-0.4, -0.2) is 186 Å². The average Bonchev–Trinajstić information content (AvgIpc) is 3.28. The van der Waals surface area contributed by atoms with Crippen molar-refractivity contribution in [3.8, 4) is 0 Å². The number of likely N-dealkylation sites (N-methyl/N-ethyl adjacent to an activating group) is 1. The number of ketones is 2. The van der Waals surface area contributed by atoms with Crippen LogP contribution in [0.3, 0.4) is 0 Å². The van der Waals surface area contributed by atoms with Gasteiger partial charge in [-0.05, 0) is 86.1 Å². The molecule has 2 fully saturated rings. The number of nitrogens with zero attached hydrogens (tertiary/aromatic N) is 1. The maximum atomic E-state index is 15.3. The molecular weight excluding hydrogens is 947 g/mol. The molecule has 71 heavy (non-hydrogen) atoms. The highest BCUT2D eigenvalue weighted by atomic mass is 32.2. The van der Waals surface area contributed by atoms with Crippen molar-refractivity contribution in [2.24, 2.45) is 23.7 Å². The fourth-order valence-corrected chi connectivity index (χ4v) is 10.6. The van der Waals surface area contributed by atoms with E-state index in [2.05, 4.69) is 0 Å². The Hall–Kier alpha value is -3.44. The van der Waals surface area contributed by atoms with Crippen LogP contribution in [0.4, 0.5) is 0 Å². The van der Waals surface area contributed by atoms with Gasteiger partial charge in [0.1, 0.15) is 29.3 Å². The third-order valence-corrected chi connectivity index (χ3v) is 14.1. The van der Waals surface area contributed by atoms with E-state index in [0.29, 0.717) is 25.2 Å². The smallest absolute Gasteiger partial charge is 0.347 e. The molecule has 20 heteroatoms. The molecule has 0 aromatic rings. The number of Topliss-reactive ketones (excluding diaryl/α,β-unsaturated/α-hetero) is 1. The van der Waals surface area contributed by atoms with Crippen LogP contribution < -0.4 is 0 Å². The predicted molar refractivity (Wildman–Crippen MR) is 264 cm³/mol. The van der Waals surface area contributed by atoms with Crippen LogP contribution in [-0.2, 0) is 85.6 Å². The number of cyclic esters (lactones) is 1. The minimum atomic E-state index is -1.33. The summed E-state index contributed by atoms with van der Waals surface area (Å²) < 4.78 is 73.3. The minimum Gasteiger partial charge on any atom is -0.458 e. The van der Waals surface area contributed by atoms with Gasteiger partial charge in [0.25, 0.3) is 0 Å². The van der Waals surface area contributed by atoms with Gasteiger partial charge >= 0.3 is 23.9 Å². The van der Waals surface area contributed by atoms with Crippen LogP contribution in [0.5, 0.6) is 0 Å². The van der Waals surface area contributed by atoms with E-state index >= 15 is 4.79 Å². The summed E-state index contributed by atoms with van der Waals surface area (Å²) in [6, 6.07) is -0.765. The highest BCUT2D eigenvalue weighted by Gasteiger charge is 2.53. The number of allylic oxidation sites excluding steroid dienone is 3. The van der Waals surface area contributed by atoms with Crippen LogP contribution in [0.25, 0.3) is 0 Å². The Morgan fingerprint density at radius 1 is 0.761 bits per heavy atom. The van der Waals surface area contributed by atoms with E-state index < -0.39 is 144 Å². The van der Waals surface area contributed by atoms with Gasteiger partial charge in [0.15, 0.2) is 42.6 Å². The van der Waals surface area contributed by atoms with Crippen molar-refractivity contribution < 1.29 is 85.6 Å². The summed E-state index contributed by atoms with van der Waals surface area (Å²) in [7, 11) is 5.46. The molecule has 3 rings (SSSR count). The van der Waals surface area contributed by atoms with E-state index in [1.165, 1.54) is 41.1 Å². The monoisotopic (exact) mass is 1030 g/mol. The molecule has 0 bridgehead atoms. The van der Waals surface area contributed by atoms with Gasteiger partial charge in [0.2, 0.25) is 0 Å². The van der Waals surface area contributed by atoms with Gasteiger partial charge in [0.05, 0.1) is 31.0 Å². The van der Waals surface area contributed by atoms with E-state index in [-0.39, 0.29) is 30.1 Å². The first-order valence-electron chi connectivity index (χ1n) is 24.6. The Balaban J connectivity index is 2.24. The minimum absolute atomic E-state index is 0.0646. The number of rotatable bonds is 18.